The summed E-state index contributed by atoms with van der Waals surface area (Å²) in [5.74, 6) is 0. The Morgan fingerprint density at radius 2 is 1.33 bits per heavy atom. The first-order chi connectivity index (χ1) is 17.1. The Bertz CT molecular complexity index is 1320. The molecule has 0 aliphatic carbocycles. The minimum absolute atomic E-state index is 0. The number of para-hydroxylation sites is 2. The van der Waals surface area contributed by atoms with Gasteiger partial charge in [-0.2, -0.15) is 0 Å². The van der Waals surface area contributed by atoms with Gasteiger partial charge >= 0.3 is 12.1 Å². The highest BCUT2D eigenvalue weighted by atomic mass is 35.5. The van der Waals surface area contributed by atoms with Crippen LogP contribution < -0.4 is 10.6 Å². The Labute approximate surface area is 215 Å². The van der Waals surface area contributed by atoms with Crippen molar-refractivity contribution in [3.63, 3.8) is 0 Å². The third-order valence-electron chi connectivity index (χ3n) is 6.09. The number of pyridine rings is 1. The molecule has 1 aliphatic heterocycles. The fourth-order valence-electron chi connectivity index (χ4n) is 4.27. The lowest BCUT2D eigenvalue weighted by Gasteiger charge is -2.34. The summed E-state index contributed by atoms with van der Waals surface area (Å²) in [6.45, 7) is 3.98. The zero-order valence-corrected chi connectivity index (χ0v) is 20.8. The van der Waals surface area contributed by atoms with Crippen molar-refractivity contribution in [2.75, 3.05) is 43.4 Å². The molecule has 36 heavy (non-hydrogen) atoms. The van der Waals surface area contributed by atoms with E-state index < -0.39 is 0 Å². The summed E-state index contributed by atoms with van der Waals surface area (Å²) >= 11 is 0. The van der Waals surface area contributed by atoms with Crippen molar-refractivity contribution in [3.05, 3.63) is 72.8 Å². The zero-order chi connectivity index (χ0) is 24.2. The summed E-state index contributed by atoms with van der Waals surface area (Å²) in [6.07, 6.45) is -0.328. The number of urea groups is 1. The van der Waals surface area contributed by atoms with E-state index in [1.54, 1.807) is 16.7 Å². The SMILES string of the molecule is CCOC(=O)N1CCN(C(=O)Nc2ccc(Nc3c4ccccc4nc4ccccc34)cc2)CC1.Cl. The highest BCUT2D eigenvalue weighted by Gasteiger charge is 2.24. The van der Waals surface area contributed by atoms with Crippen LogP contribution in [0.4, 0.5) is 26.7 Å². The van der Waals surface area contributed by atoms with Crippen molar-refractivity contribution in [2.24, 2.45) is 0 Å². The highest BCUT2D eigenvalue weighted by Crippen LogP contribution is 2.33. The number of anilines is 3. The Balaban J connectivity index is 0.00000304. The van der Waals surface area contributed by atoms with Crippen LogP contribution in [0.2, 0.25) is 0 Å². The molecule has 5 rings (SSSR count). The van der Waals surface area contributed by atoms with Gasteiger partial charge in [-0.1, -0.05) is 36.4 Å². The van der Waals surface area contributed by atoms with Gasteiger partial charge < -0.3 is 25.2 Å². The summed E-state index contributed by atoms with van der Waals surface area (Å²) in [5.41, 5.74) is 4.48. The monoisotopic (exact) mass is 505 g/mol. The van der Waals surface area contributed by atoms with Crippen LogP contribution in [0.15, 0.2) is 72.8 Å². The van der Waals surface area contributed by atoms with E-state index in [1.807, 2.05) is 60.7 Å². The van der Waals surface area contributed by atoms with E-state index in [-0.39, 0.29) is 24.5 Å². The van der Waals surface area contributed by atoms with E-state index in [2.05, 4.69) is 22.8 Å². The molecule has 1 aliphatic rings. The molecule has 186 valence electrons. The second kappa shape index (κ2) is 11.1. The van der Waals surface area contributed by atoms with Crippen LogP contribution in [0.25, 0.3) is 21.8 Å². The van der Waals surface area contributed by atoms with Gasteiger partial charge in [-0.25, -0.2) is 14.6 Å². The number of aromatic nitrogens is 1. The lowest BCUT2D eigenvalue weighted by atomic mass is 10.1. The number of benzene rings is 3. The predicted octanol–water partition coefficient (Wildman–Crippen LogP) is 5.86. The van der Waals surface area contributed by atoms with Gasteiger partial charge in [-0.15, -0.1) is 12.4 Å². The second-order valence-corrected chi connectivity index (χ2v) is 8.33. The van der Waals surface area contributed by atoms with Crippen LogP contribution in [0.1, 0.15) is 6.92 Å². The van der Waals surface area contributed by atoms with Crippen LogP contribution >= 0.6 is 12.4 Å². The lowest BCUT2D eigenvalue weighted by Crippen LogP contribution is -2.51. The number of nitrogens with one attached hydrogen (secondary N) is 2. The van der Waals surface area contributed by atoms with E-state index in [1.165, 1.54) is 0 Å². The molecule has 2 N–H and O–H groups in total. The van der Waals surface area contributed by atoms with Crippen molar-refractivity contribution in [2.45, 2.75) is 6.92 Å². The normalized spacial score (nSPS) is 13.2. The molecular formula is C27H28ClN5O3. The number of nitrogens with zero attached hydrogens (tertiary/aromatic N) is 3. The third-order valence-corrected chi connectivity index (χ3v) is 6.09. The van der Waals surface area contributed by atoms with Gasteiger partial charge in [0.2, 0.25) is 0 Å². The largest absolute Gasteiger partial charge is 0.450 e. The number of rotatable bonds is 4. The molecular weight excluding hydrogens is 478 g/mol. The van der Waals surface area contributed by atoms with Crippen LogP contribution in [0, 0.1) is 0 Å². The Morgan fingerprint density at radius 3 is 1.92 bits per heavy atom. The molecule has 0 saturated carbocycles. The highest BCUT2D eigenvalue weighted by molar-refractivity contribution is 6.08. The first kappa shape index (κ1) is 25.1. The molecule has 4 aromatic rings. The van der Waals surface area contributed by atoms with E-state index in [4.69, 9.17) is 9.72 Å². The Kier molecular flexibility index (Phi) is 7.75. The average Bonchev–Trinajstić information content (AvgIpc) is 2.90. The Morgan fingerprint density at radius 1 is 0.806 bits per heavy atom. The number of piperazine rings is 1. The second-order valence-electron chi connectivity index (χ2n) is 8.33. The van der Waals surface area contributed by atoms with Gasteiger partial charge in [0.05, 0.1) is 23.3 Å². The molecule has 9 heteroatoms. The van der Waals surface area contributed by atoms with E-state index >= 15 is 0 Å². The predicted molar refractivity (Wildman–Crippen MR) is 145 cm³/mol. The van der Waals surface area contributed by atoms with Crippen molar-refractivity contribution in [3.8, 4) is 0 Å². The number of carbonyl (C=O) groups is 2. The summed E-state index contributed by atoms with van der Waals surface area (Å²) in [5, 5.41) is 8.59. The number of ether oxygens (including phenoxy) is 1. The molecule has 0 atom stereocenters. The number of amides is 3. The molecule has 0 bridgehead atoms. The maximum atomic E-state index is 12.7. The zero-order valence-electron chi connectivity index (χ0n) is 19.9. The number of fused-ring (bicyclic) bond motifs is 2. The van der Waals surface area contributed by atoms with Gasteiger partial charge in [0.1, 0.15) is 0 Å². The van der Waals surface area contributed by atoms with Crippen molar-refractivity contribution >= 4 is 63.4 Å². The number of hydrogen-bond donors (Lipinski definition) is 2. The summed E-state index contributed by atoms with van der Waals surface area (Å²) < 4.78 is 5.03. The summed E-state index contributed by atoms with van der Waals surface area (Å²) in [4.78, 5) is 32.6. The molecule has 3 aromatic carbocycles. The van der Waals surface area contributed by atoms with Crippen LogP contribution in [0.3, 0.4) is 0 Å². The first-order valence-corrected chi connectivity index (χ1v) is 11.7. The molecule has 0 radical (unpaired) electrons. The minimum atomic E-state index is -0.328. The summed E-state index contributed by atoms with van der Waals surface area (Å²) in [7, 11) is 0. The van der Waals surface area contributed by atoms with Gasteiger partial charge in [-0.05, 0) is 43.3 Å². The van der Waals surface area contributed by atoms with E-state index in [9.17, 15) is 9.59 Å². The number of carbonyl (C=O) groups excluding carboxylic acids is 2. The third kappa shape index (κ3) is 5.28. The maximum Gasteiger partial charge on any atom is 0.409 e. The molecule has 1 aromatic heterocycles. The number of hydrogen-bond acceptors (Lipinski definition) is 5. The minimum Gasteiger partial charge on any atom is -0.450 e. The van der Waals surface area contributed by atoms with Crippen molar-refractivity contribution in [1.29, 1.82) is 0 Å². The van der Waals surface area contributed by atoms with E-state index in [0.29, 0.717) is 38.5 Å². The molecule has 1 saturated heterocycles. The average molecular weight is 506 g/mol. The van der Waals surface area contributed by atoms with Crippen LogP contribution in [0.5, 0.6) is 0 Å². The molecule has 0 spiro atoms. The van der Waals surface area contributed by atoms with Crippen LogP contribution in [-0.4, -0.2) is 59.7 Å². The quantitative estimate of drug-likeness (QED) is 0.339. The van der Waals surface area contributed by atoms with Gasteiger partial charge in [0.15, 0.2) is 0 Å². The molecule has 1 fully saturated rings. The molecule has 0 unspecified atom stereocenters. The fraction of sp³-hybridized carbons (Fsp3) is 0.222. The summed E-state index contributed by atoms with van der Waals surface area (Å²) in [6, 6.07) is 23.6. The van der Waals surface area contributed by atoms with Crippen molar-refractivity contribution in [1.82, 2.24) is 14.8 Å². The number of halogens is 1. The fourth-order valence-corrected chi connectivity index (χ4v) is 4.27. The van der Waals surface area contributed by atoms with Gasteiger partial charge in [-0.3, -0.25) is 0 Å². The van der Waals surface area contributed by atoms with Crippen LogP contribution in [-0.2, 0) is 4.74 Å². The lowest BCUT2D eigenvalue weighted by molar-refractivity contribution is 0.0868. The van der Waals surface area contributed by atoms with Crippen molar-refractivity contribution < 1.29 is 14.3 Å². The molecule has 3 amide bonds. The Hall–Kier alpha value is -4.04. The van der Waals surface area contributed by atoms with Gasteiger partial charge in [0.25, 0.3) is 0 Å². The standard InChI is InChI=1S/C27H27N5O3.ClH/c1-2-35-27(34)32-17-15-31(16-18-32)26(33)29-20-13-11-19(12-14-20)28-25-21-7-3-5-9-23(21)30-24-10-6-4-8-22(24)25;/h3-14H,2,15-18H2,1H3,(H,28,30)(H,29,33);1H. The smallest absolute Gasteiger partial charge is 0.409 e. The van der Waals surface area contributed by atoms with Gasteiger partial charge in [0, 0.05) is 48.3 Å². The molecule has 8 nitrogen and oxygen atoms in total. The first-order valence-electron chi connectivity index (χ1n) is 11.7. The maximum absolute atomic E-state index is 12.7. The van der Waals surface area contributed by atoms with E-state index in [0.717, 1.165) is 33.2 Å². The topological polar surface area (TPSA) is 86.8 Å². The molecule has 2 heterocycles.